The average molecular weight is 193 g/mol. The molecule has 0 saturated carbocycles. The number of carboxylic acids is 1. The number of hydrogen-bond donors (Lipinski definition) is 2. The molecule has 3 N–H and O–H groups in total. The Morgan fingerprint density at radius 2 is 1.86 bits per heavy atom. The molecule has 1 aromatic rings. The Hall–Kier alpha value is -1.84. The molecule has 0 bridgehead atoms. The third-order valence-electron chi connectivity index (χ3n) is 1.91. The summed E-state index contributed by atoms with van der Waals surface area (Å²) in [7, 11) is 0. The molecule has 1 rings (SSSR count). The van der Waals surface area contributed by atoms with Gasteiger partial charge in [0, 0.05) is 6.42 Å². The largest absolute Gasteiger partial charge is 0.481 e. The van der Waals surface area contributed by atoms with E-state index in [0.29, 0.717) is 5.56 Å². The van der Waals surface area contributed by atoms with Gasteiger partial charge in [0.05, 0.1) is 5.92 Å². The Labute approximate surface area is 81.3 Å². The van der Waals surface area contributed by atoms with Gasteiger partial charge in [-0.2, -0.15) is 0 Å². The number of benzene rings is 1. The third-order valence-corrected chi connectivity index (χ3v) is 1.91. The van der Waals surface area contributed by atoms with Gasteiger partial charge in [0.2, 0.25) is 5.91 Å². The van der Waals surface area contributed by atoms with Crippen molar-refractivity contribution in [2.45, 2.75) is 12.3 Å². The maximum atomic E-state index is 10.8. The van der Waals surface area contributed by atoms with E-state index >= 15 is 0 Å². The summed E-state index contributed by atoms with van der Waals surface area (Å²) < 4.78 is 0. The van der Waals surface area contributed by atoms with Gasteiger partial charge in [-0.1, -0.05) is 30.3 Å². The monoisotopic (exact) mass is 193 g/mol. The van der Waals surface area contributed by atoms with Crippen LogP contribution in [0, 0.1) is 0 Å². The number of hydrogen-bond acceptors (Lipinski definition) is 2. The Kier molecular flexibility index (Phi) is 3.23. The van der Waals surface area contributed by atoms with Crippen LogP contribution >= 0.6 is 0 Å². The zero-order chi connectivity index (χ0) is 10.6. The molecule has 1 atom stereocenters. The van der Waals surface area contributed by atoms with Gasteiger partial charge >= 0.3 is 5.97 Å². The van der Waals surface area contributed by atoms with E-state index in [9.17, 15) is 9.59 Å². The van der Waals surface area contributed by atoms with Crippen LogP contribution < -0.4 is 5.73 Å². The summed E-state index contributed by atoms with van der Waals surface area (Å²) in [6.07, 6.45) is -0.167. The van der Waals surface area contributed by atoms with Gasteiger partial charge < -0.3 is 10.8 Å². The lowest BCUT2D eigenvalue weighted by atomic mass is 9.96. The number of primary amides is 1. The molecule has 0 heterocycles. The van der Waals surface area contributed by atoms with Gasteiger partial charge in [0.15, 0.2) is 0 Å². The highest BCUT2D eigenvalue weighted by Gasteiger charge is 2.21. The molecule has 0 saturated heterocycles. The standard InChI is InChI=1S/C10H11NO3/c11-9(12)6-8(10(13)14)7-4-2-1-3-5-7/h1-5,8H,6H2,(H2,11,12)(H,13,14)/t8-/m0/s1. The molecule has 1 aromatic carbocycles. The van der Waals surface area contributed by atoms with E-state index in [-0.39, 0.29) is 6.42 Å². The summed E-state index contributed by atoms with van der Waals surface area (Å²) in [6, 6.07) is 8.58. The second kappa shape index (κ2) is 4.41. The molecule has 14 heavy (non-hydrogen) atoms. The second-order valence-corrected chi connectivity index (χ2v) is 2.97. The zero-order valence-electron chi connectivity index (χ0n) is 7.51. The minimum atomic E-state index is -1.03. The molecule has 0 aliphatic heterocycles. The molecular weight excluding hydrogens is 182 g/mol. The Bertz CT molecular complexity index is 334. The summed E-state index contributed by atoms with van der Waals surface area (Å²) in [6.45, 7) is 0. The van der Waals surface area contributed by atoms with Gasteiger partial charge in [0.1, 0.15) is 0 Å². The first kappa shape index (κ1) is 10.2. The molecule has 0 aliphatic carbocycles. The first-order valence-corrected chi connectivity index (χ1v) is 4.17. The highest BCUT2D eigenvalue weighted by atomic mass is 16.4. The number of rotatable bonds is 4. The second-order valence-electron chi connectivity index (χ2n) is 2.97. The molecule has 74 valence electrons. The molecule has 0 radical (unpaired) electrons. The van der Waals surface area contributed by atoms with Crippen LogP contribution in [0.5, 0.6) is 0 Å². The fourth-order valence-electron chi connectivity index (χ4n) is 1.23. The maximum absolute atomic E-state index is 10.8. The van der Waals surface area contributed by atoms with Crippen LogP contribution in [-0.4, -0.2) is 17.0 Å². The van der Waals surface area contributed by atoms with E-state index < -0.39 is 17.8 Å². The third kappa shape index (κ3) is 2.58. The van der Waals surface area contributed by atoms with Gasteiger partial charge in [-0.05, 0) is 5.56 Å². The van der Waals surface area contributed by atoms with Gasteiger partial charge in [-0.25, -0.2) is 0 Å². The van der Waals surface area contributed by atoms with E-state index in [1.54, 1.807) is 30.3 Å². The molecule has 1 amide bonds. The summed E-state index contributed by atoms with van der Waals surface area (Å²) in [5.74, 6) is -2.48. The normalized spacial score (nSPS) is 12.0. The molecule has 0 unspecified atom stereocenters. The molecule has 0 aliphatic rings. The Morgan fingerprint density at radius 3 is 2.29 bits per heavy atom. The number of carbonyl (C=O) groups is 2. The van der Waals surface area contributed by atoms with E-state index in [2.05, 4.69) is 0 Å². The quantitative estimate of drug-likeness (QED) is 0.739. The highest BCUT2D eigenvalue weighted by molar-refractivity contribution is 5.84. The summed E-state index contributed by atoms with van der Waals surface area (Å²) in [5.41, 5.74) is 5.56. The summed E-state index contributed by atoms with van der Waals surface area (Å²) >= 11 is 0. The van der Waals surface area contributed by atoms with Crippen molar-refractivity contribution < 1.29 is 14.7 Å². The molecule has 0 spiro atoms. The molecule has 0 fully saturated rings. The minimum Gasteiger partial charge on any atom is -0.481 e. The van der Waals surface area contributed by atoms with Crippen molar-refractivity contribution in [3.63, 3.8) is 0 Å². The van der Waals surface area contributed by atoms with E-state index in [1.807, 2.05) is 0 Å². The van der Waals surface area contributed by atoms with Crippen molar-refractivity contribution in [1.82, 2.24) is 0 Å². The number of carboxylic acid groups (broad SMARTS) is 1. The zero-order valence-corrected chi connectivity index (χ0v) is 7.51. The fourth-order valence-corrected chi connectivity index (χ4v) is 1.23. The van der Waals surface area contributed by atoms with Crippen LogP contribution in [0.2, 0.25) is 0 Å². The predicted octanol–water partition coefficient (Wildman–Crippen LogP) is 0.730. The molecule has 4 nitrogen and oxygen atoms in total. The van der Waals surface area contributed by atoms with E-state index in [4.69, 9.17) is 10.8 Å². The SMILES string of the molecule is NC(=O)C[C@H](C(=O)O)c1ccccc1. The fraction of sp³-hybridized carbons (Fsp3) is 0.200. The maximum Gasteiger partial charge on any atom is 0.311 e. The van der Waals surface area contributed by atoms with Crippen molar-refractivity contribution in [2.75, 3.05) is 0 Å². The topological polar surface area (TPSA) is 80.4 Å². The van der Waals surface area contributed by atoms with Crippen molar-refractivity contribution in [1.29, 1.82) is 0 Å². The summed E-state index contributed by atoms with van der Waals surface area (Å²) in [4.78, 5) is 21.5. The lowest BCUT2D eigenvalue weighted by molar-refractivity contribution is -0.140. The van der Waals surface area contributed by atoms with Crippen molar-refractivity contribution in [2.24, 2.45) is 5.73 Å². The summed E-state index contributed by atoms with van der Waals surface area (Å²) in [5, 5.41) is 8.87. The highest BCUT2D eigenvalue weighted by Crippen LogP contribution is 2.18. The average Bonchev–Trinajstić information content (AvgIpc) is 2.15. The lowest BCUT2D eigenvalue weighted by Crippen LogP contribution is -2.20. The first-order valence-electron chi connectivity index (χ1n) is 4.17. The van der Waals surface area contributed by atoms with Gasteiger partial charge in [-0.3, -0.25) is 9.59 Å². The predicted molar refractivity (Wildman–Crippen MR) is 50.6 cm³/mol. The van der Waals surface area contributed by atoms with Crippen molar-refractivity contribution in [3.8, 4) is 0 Å². The molecule has 0 aromatic heterocycles. The molecule has 4 heteroatoms. The lowest BCUT2D eigenvalue weighted by Gasteiger charge is -2.09. The Balaban J connectivity index is 2.89. The van der Waals surface area contributed by atoms with Gasteiger partial charge in [0.25, 0.3) is 0 Å². The van der Waals surface area contributed by atoms with Crippen molar-refractivity contribution in [3.05, 3.63) is 35.9 Å². The van der Waals surface area contributed by atoms with Crippen molar-refractivity contribution >= 4 is 11.9 Å². The number of carbonyl (C=O) groups excluding carboxylic acids is 1. The van der Waals surface area contributed by atoms with Crippen LogP contribution in [0.25, 0.3) is 0 Å². The number of aliphatic carboxylic acids is 1. The Morgan fingerprint density at radius 1 is 1.29 bits per heavy atom. The van der Waals surface area contributed by atoms with Crippen LogP contribution in [0.3, 0.4) is 0 Å². The van der Waals surface area contributed by atoms with E-state index in [0.717, 1.165) is 0 Å². The van der Waals surface area contributed by atoms with Crippen LogP contribution in [0.4, 0.5) is 0 Å². The van der Waals surface area contributed by atoms with Crippen LogP contribution in [-0.2, 0) is 9.59 Å². The smallest absolute Gasteiger partial charge is 0.311 e. The number of amides is 1. The first-order chi connectivity index (χ1) is 6.61. The minimum absolute atomic E-state index is 0.167. The molecular formula is C10H11NO3. The number of nitrogens with two attached hydrogens (primary N) is 1. The van der Waals surface area contributed by atoms with Crippen LogP contribution in [0.15, 0.2) is 30.3 Å². The van der Waals surface area contributed by atoms with Gasteiger partial charge in [-0.15, -0.1) is 0 Å². The van der Waals surface area contributed by atoms with E-state index in [1.165, 1.54) is 0 Å². The van der Waals surface area contributed by atoms with Crippen LogP contribution in [0.1, 0.15) is 17.9 Å².